The third-order valence-electron chi connectivity index (χ3n) is 7.17. The van der Waals surface area contributed by atoms with Crippen LogP contribution >= 0.6 is 0 Å². The summed E-state index contributed by atoms with van der Waals surface area (Å²) in [5, 5.41) is 38.8. The Balaban J connectivity index is 1.88. The first-order valence-corrected chi connectivity index (χ1v) is 11.9. The zero-order valence-electron chi connectivity index (χ0n) is 20.9. The van der Waals surface area contributed by atoms with Crippen molar-refractivity contribution < 1.29 is 26.3 Å². The summed E-state index contributed by atoms with van der Waals surface area (Å²) < 4.78 is 81.8. The number of allylic oxidation sites excluding steroid dienone is 7. The number of halogens is 6. The molecule has 0 atom stereocenters. The molecule has 0 radical (unpaired) electrons. The van der Waals surface area contributed by atoms with Crippen LogP contribution in [-0.2, 0) is 12.4 Å². The van der Waals surface area contributed by atoms with Crippen molar-refractivity contribution >= 4 is 22.4 Å². The van der Waals surface area contributed by atoms with Crippen LogP contribution in [0.15, 0.2) is 69.4 Å². The summed E-state index contributed by atoms with van der Waals surface area (Å²) in [5.74, 6) is 0. The van der Waals surface area contributed by atoms with E-state index in [1.54, 1.807) is 31.2 Å². The van der Waals surface area contributed by atoms with Gasteiger partial charge in [-0.2, -0.15) is 47.4 Å². The molecule has 0 amide bonds. The van der Waals surface area contributed by atoms with Crippen molar-refractivity contribution in [2.24, 2.45) is 4.99 Å². The minimum atomic E-state index is -4.73. The van der Waals surface area contributed by atoms with Gasteiger partial charge in [0.1, 0.15) is 35.4 Å². The normalized spacial score (nSPS) is 15.7. The Morgan fingerprint density at radius 1 is 0.683 bits per heavy atom. The zero-order chi connectivity index (χ0) is 29.9. The highest BCUT2D eigenvalue weighted by Crippen LogP contribution is 2.51. The van der Waals surface area contributed by atoms with Gasteiger partial charge in [-0.3, -0.25) is 0 Å². The molecule has 0 saturated carbocycles. The molecule has 1 aliphatic heterocycles. The molecular weight excluding hydrogens is 544 g/mol. The summed E-state index contributed by atoms with van der Waals surface area (Å²) in [7, 11) is 0. The maximum absolute atomic E-state index is 13.6. The molecule has 0 fully saturated rings. The number of aliphatic imine (C=N–C) groups is 1. The summed E-state index contributed by atoms with van der Waals surface area (Å²) in [6, 6.07) is 12.7. The predicted molar refractivity (Wildman–Crippen MR) is 135 cm³/mol. The molecule has 0 N–H and O–H groups in total. The molecule has 1 heterocycles. The summed E-state index contributed by atoms with van der Waals surface area (Å²) in [6.45, 7) is 1.68. The lowest BCUT2D eigenvalue weighted by atomic mass is 9.91. The maximum Gasteiger partial charge on any atom is 0.416 e. The van der Waals surface area contributed by atoms with Crippen LogP contribution in [-0.4, -0.2) is 5.71 Å². The highest BCUT2D eigenvalue weighted by molar-refractivity contribution is 6.31. The average Bonchev–Trinajstić information content (AvgIpc) is 3.39. The zero-order valence-corrected chi connectivity index (χ0v) is 20.9. The Bertz CT molecular complexity index is 1870. The van der Waals surface area contributed by atoms with E-state index >= 15 is 0 Å². The quantitative estimate of drug-likeness (QED) is 0.245. The van der Waals surface area contributed by atoms with Crippen LogP contribution in [0, 0.1) is 45.3 Å². The number of benzene rings is 2. The molecule has 0 spiro atoms. The number of hydrogen-bond donors (Lipinski definition) is 0. The van der Waals surface area contributed by atoms with Gasteiger partial charge in [-0.05, 0) is 66.3 Å². The van der Waals surface area contributed by atoms with Crippen molar-refractivity contribution in [1.29, 1.82) is 21.0 Å². The lowest BCUT2D eigenvalue weighted by Crippen LogP contribution is -2.07. The molecule has 11 heteroatoms. The molecule has 200 valence electrons. The van der Waals surface area contributed by atoms with Crippen LogP contribution in [0.4, 0.5) is 26.3 Å². The van der Waals surface area contributed by atoms with Gasteiger partial charge in [-0.25, -0.2) is 4.99 Å². The number of nitriles is 4. The lowest BCUT2D eigenvalue weighted by Gasteiger charge is -2.16. The SMILES string of the molecule is CC1=C2C(=NC3=C(CC1)c1ccc(C(F)(F)F)cc1C3=C(C#N)C#N)c1ccc(C(F)(F)F)cc1C2=C(C#N)C#N. The van der Waals surface area contributed by atoms with E-state index in [4.69, 9.17) is 4.99 Å². The van der Waals surface area contributed by atoms with Crippen LogP contribution in [0.1, 0.15) is 53.1 Å². The summed E-state index contributed by atoms with van der Waals surface area (Å²) in [5.41, 5.74) is -1.18. The van der Waals surface area contributed by atoms with E-state index in [0.717, 1.165) is 30.3 Å². The number of hydrogen-bond acceptors (Lipinski definition) is 5. The van der Waals surface area contributed by atoms with Gasteiger partial charge in [0.25, 0.3) is 0 Å². The molecule has 0 saturated heterocycles. The van der Waals surface area contributed by atoms with Crippen molar-refractivity contribution in [3.63, 3.8) is 0 Å². The van der Waals surface area contributed by atoms with Crippen molar-refractivity contribution in [2.75, 3.05) is 0 Å². The summed E-state index contributed by atoms with van der Waals surface area (Å²) >= 11 is 0. The fourth-order valence-corrected chi connectivity index (χ4v) is 5.36. The molecular formula is C30H13F6N5. The van der Waals surface area contributed by atoms with Crippen LogP contribution in [0.2, 0.25) is 0 Å². The molecule has 3 aliphatic rings. The second-order valence-corrected chi connectivity index (χ2v) is 9.41. The molecule has 2 aliphatic carbocycles. The van der Waals surface area contributed by atoms with E-state index in [-0.39, 0.29) is 57.7 Å². The molecule has 0 unspecified atom stereocenters. The minimum Gasteiger partial charge on any atom is -0.247 e. The number of alkyl halides is 6. The van der Waals surface area contributed by atoms with Crippen molar-refractivity contribution in [1.82, 2.24) is 0 Å². The van der Waals surface area contributed by atoms with Gasteiger partial charge < -0.3 is 0 Å². The molecule has 5 rings (SSSR count). The van der Waals surface area contributed by atoms with Crippen molar-refractivity contribution in [2.45, 2.75) is 32.1 Å². The van der Waals surface area contributed by atoms with E-state index in [2.05, 4.69) is 0 Å². The molecule has 41 heavy (non-hydrogen) atoms. The van der Waals surface area contributed by atoms with Crippen LogP contribution in [0.25, 0.3) is 16.7 Å². The van der Waals surface area contributed by atoms with E-state index in [1.165, 1.54) is 6.07 Å². The van der Waals surface area contributed by atoms with E-state index in [1.807, 2.05) is 0 Å². The Labute approximate surface area is 229 Å². The maximum atomic E-state index is 13.6. The molecule has 0 bridgehead atoms. The van der Waals surface area contributed by atoms with Gasteiger partial charge in [0, 0.05) is 22.3 Å². The van der Waals surface area contributed by atoms with Gasteiger partial charge in [0.15, 0.2) is 0 Å². The standard InChI is InChI=1S/C30H13F6N5/c1-14-2-5-20-19-6-3-17(29(31,32)33)8-22(19)26(16(12-39)13-40)28(20)41-27-21-7-4-18(30(34,35)36)9-23(21)25(24(14)27)15(10-37)11-38/h3-4,6-9H,2,5H2,1H3. The Hall–Kier alpha value is -5.39. The van der Waals surface area contributed by atoms with Gasteiger partial charge in [0.05, 0.1) is 22.5 Å². The highest BCUT2D eigenvalue weighted by Gasteiger charge is 2.40. The monoisotopic (exact) mass is 557 g/mol. The molecule has 2 aromatic rings. The smallest absolute Gasteiger partial charge is 0.247 e. The first-order valence-electron chi connectivity index (χ1n) is 11.9. The average molecular weight is 557 g/mol. The minimum absolute atomic E-state index is 0.00970. The van der Waals surface area contributed by atoms with E-state index in [0.29, 0.717) is 16.7 Å². The van der Waals surface area contributed by atoms with Gasteiger partial charge in [-0.15, -0.1) is 0 Å². The first kappa shape index (κ1) is 27.2. The molecule has 5 nitrogen and oxygen atoms in total. The number of rotatable bonds is 0. The summed E-state index contributed by atoms with van der Waals surface area (Å²) in [6.07, 6.45) is -9.00. The second-order valence-electron chi connectivity index (χ2n) is 9.41. The Morgan fingerprint density at radius 3 is 1.68 bits per heavy atom. The molecule has 2 aromatic carbocycles. The van der Waals surface area contributed by atoms with Crippen molar-refractivity contribution in [3.8, 4) is 24.3 Å². The van der Waals surface area contributed by atoms with Crippen molar-refractivity contribution in [3.05, 3.63) is 97.8 Å². The topological polar surface area (TPSA) is 108 Å². The highest BCUT2D eigenvalue weighted by atomic mass is 19.4. The third kappa shape index (κ3) is 4.20. The van der Waals surface area contributed by atoms with Gasteiger partial charge in [0.2, 0.25) is 0 Å². The third-order valence-corrected chi connectivity index (χ3v) is 7.17. The first-order chi connectivity index (χ1) is 19.3. The predicted octanol–water partition coefficient (Wildman–Crippen LogP) is 7.66. The fraction of sp³-hybridized carbons (Fsp3) is 0.167. The largest absolute Gasteiger partial charge is 0.416 e. The second kappa shape index (κ2) is 9.37. The number of fused-ring (bicyclic) bond motifs is 5. The van der Waals surface area contributed by atoms with E-state index < -0.39 is 34.6 Å². The van der Waals surface area contributed by atoms with E-state index in [9.17, 15) is 47.4 Å². The van der Waals surface area contributed by atoms with Crippen LogP contribution < -0.4 is 0 Å². The van der Waals surface area contributed by atoms with Crippen LogP contribution in [0.5, 0.6) is 0 Å². The Morgan fingerprint density at radius 2 is 1.17 bits per heavy atom. The number of nitrogens with zero attached hydrogens (tertiary/aromatic N) is 5. The summed E-state index contributed by atoms with van der Waals surface area (Å²) in [4.78, 5) is 4.71. The Kier molecular flexibility index (Phi) is 6.21. The molecule has 0 aromatic heterocycles. The van der Waals surface area contributed by atoms with Gasteiger partial charge in [-0.1, -0.05) is 17.7 Å². The fourth-order valence-electron chi connectivity index (χ4n) is 5.36. The van der Waals surface area contributed by atoms with Crippen LogP contribution in [0.3, 0.4) is 0 Å². The van der Waals surface area contributed by atoms with Gasteiger partial charge >= 0.3 is 12.4 Å². The lowest BCUT2D eigenvalue weighted by molar-refractivity contribution is -0.138.